The lowest BCUT2D eigenvalue weighted by Gasteiger charge is -2.26. The minimum absolute atomic E-state index is 0.175. The third kappa shape index (κ3) is 4.11. The molecular formula is C14H26N4O. The van der Waals surface area contributed by atoms with Crippen LogP contribution < -0.4 is 5.32 Å². The van der Waals surface area contributed by atoms with E-state index in [0.29, 0.717) is 6.54 Å². The first-order chi connectivity index (χ1) is 9.31. The molecule has 2 saturated heterocycles. The van der Waals surface area contributed by atoms with Gasteiger partial charge in [0.05, 0.1) is 0 Å². The summed E-state index contributed by atoms with van der Waals surface area (Å²) in [6, 6.07) is 0. The van der Waals surface area contributed by atoms with E-state index in [4.69, 9.17) is 0 Å². The minimum atomic E-state index is 0.175. The topological polar surface area (TPSA) is 47.9 Å². The molecule has 0 aromatic carbocycles. The molecule has 2 rings (SSSR count). The monoisotopic (exact) mass is 266 g/mol. The average molecular weight is 266 g/mol. The third-order valence-corrected chi connectivity index (χ3v) is 3.81. The molecule has 108 valence electrons. The summed E-state index contributed by atoms with van der Waals surface area (Å²) >= 11 is 0. The van der Waals surface area contributed by atoms with E-state index in [2.05, 4.69) is 22.1 Å². The number of aliphatic imine (C=N–C) groups is 1. The summed E-state index contributed by atoms with van der Waals surface area (Å²) in [5, 5.41) is 3.29. The molecule has 0 aliphatic carbocycles. The van der Waals surface area contributed by atoms with Gasteiger partial charge in [-0.15, -0.1) is 0 Å². The SMILES string of the molecule is CCNC(=NCC(=O)N1CCCCC1)N1CCCC1. The largest absolute Gasteiger partial charge is 0.357 e. The second-order valence-corrected chi connectivity index (χ2v) is 5.31. The summed E-state index contributed by atoms with van der Waals surface area (Å²) < 4.78 is 0. The molecule has 19 heavy (non-hydrogen) atoms. The number of rotatable bonds is 3. The lowest BCUT2D eigenvalue weighted by molar-refractivity contribution is -0.130. The molecule has 2 aliphatic heterocycles. The number of carbonyl (C=O) groups excluding carboxylic acids is 1. The van der Waals surface area contributed by atoms with Gasteiger partial charge in [0.2, 0.25) is 5.91 Å². The Labute approximate surface area is 116 Å². The van der Waals surface area contributed by atoms with Gasteiger partial charge in [-0.3, -0.25) is 4.79 Å². The van der Waals surface area contributed by atoms with Crippen molar-refractivity contribution in [3.63, 3.8) is 0 Å². The van der Waals surface area contributed by atoms with Gasteiger partial charge in [0, 0.05) is 32.7 Å². The molecule has 0 unspecified atom stereocenters. The normalized spacial score (nSPS) is 20.8. The fraction of sp³-hybridized carbons (Fsp3) is 0.857. The predicted molar refractivity (Wildman–Crippen MR) is 77.2 cm³/mol. The maximum Gasteiger partial charge on any atom is 0.244 e. The quantitative estimate of drug-likeness (QED) is 0.614. The number of piperidine rings is 1. The van der Waals surface area contributed by atoms with Gasteiger partial charge in [-0.2, -0.15) is 0 Å². The Morgan fingerprint density at radius 3 is 2.21 bits per heavy atom. The van der Waals surface area contributed by atoms with Gasteiger partial charge < -0.3 is 15.1 Å². The number of hydrogen-bond donors (Lipinski definition) is 1. The zero-order valence-electron chi connectivity index (χ0n) is 12.0. The van der Waals surface area contributed by atoms with E-state index in [-0.39, 0.29) is 5.91 Å². The van der Waals surface area contributed by atoms with Gasteiger partial charge in [0.25, 0.3) is 0 Å². The second-order valence-electron chi connectivity index (χ2n) is 5.31. The van der Waals surface area contributed by atoms with Crippen molar-refractivity contribution in [2.24, 2.45) is 4.99 Å². The van der Waals surface area contributed by atoms with Crippen LogP contribution in [0.3, 0.4) is 0 Å². The van der Waals surface area contributed by atoms with Crippen molar-refractivity contribution >= 4 is 11.9 Å². The van der Waals surface area contributed by atoms with Gasteiger partial charge in [-0.1, -0.05) is 0 Å². The molecular weight excluding hydrogens is 240 g/mol. The smallest absolute Gasteiger partial charge is 0.244 e. The molecule has 0 atom stereocenters. The van der Waals surface area contributed by atoms with Crippen molar-refractivity contribution in [3.8, 4) is 0 Å². The molecule has 2 heterocycles. The van der Waals surface area contributed by atoms with Crippen LogP contribution in [0.2, 0.25) is 0 Å². The third-order valence-electron chi connectivity index (χ3n) is 3.81. The highest BCUT2D eigenvalue weighted by molar-refractivity contribution is 5.85. The Bertz CT molecular complexity index is 317. The highest BCUT2D eigenvalue weighted by atomic mass is 16.2. The van der Waals surface area contributed by atoms with Crippen LogP contribution in [0, 0.1) is 0 Å². The first-order valence-electron chi connectivity index (χ1n) is 7.62. The van der Waals surface area contributed by atoms with Crippen LogP contribution in [0.5, 0.6) is 0 Å². The van der Waals surface area contributed by atoms with E-state index < -0.39 is 0 Å². The molecule has 5 nitrogen and oxygen atoms in total. The zero-order valence-corrected chi connectivity index (χ0v) is 12.0. The van der Waals surface area contributed by atoms with Gasteiger partial charge >= 0.3 is 0 Å². The van der Waals surface area contributed by atoms with Crippen LogP contribution in [0.1, 0.15) is 39.0 Å². The molecule has 1 N–H and O–H groups in total. The van der Waals surface area contributed by atoms with Crippen LogP contribution in [0.4, 0.5) is 0 Å². The summed E-state index contributed by atoms with van der Waals surface area (Å²) in [7, 11) is 0. The van der Waals surface area contributed by atoms with Gasteiger partial charge in [-0.05, 0) is 39.0 Å². The number of amides is 1. The van der Waals surface area contributed by atoms with Gasteiger partial charge in [0.1, 0.15) is 6.54 Å². The van der Waals surface area contributed by atoms with Crippen molar-refractivity contribution < 1.29 is 4.79 Å². The molecule has 0 saturated carbocycles. The Kier molecular flexibility index (Phi) is 5.48. The highest BCUT2D eigenvalue weighted by Gasteiger charge is 2.18. The van der Waals surface area contributed by atoms with Crippen LogP contribution >= 0.6 is 0 Å². The Hall–Kier alpha value is -1.26. The number of likely N-dealkylation sites (tertiary alicyclic amines) is 2. The Morgan fingerprint density at radius 2 is 1.58 bits per heavy atom. The summed E-state index contributed by atoms with van der Waals surface area (Å²) in [6.07, 6.45) is 5.99. The van der Waals surface area contributed by atoms with Crippen molar-refractivity contribution in [2.75, 3.05) is 39.3 Å². The minimum Gasteiger partial charge on any atom is -0.357 e. The van der Waals surface area contributed by atoms with E-state index in [1.807, 2.05) is 4.90 Å². The lowest BCUT2D eigenvalue weighted by Crippen LogP contribution is -2.41. The molecule has 0 aromatic rings. The summed E-state index contributed by atoms with van der Waals surface area (Å²) in [5.74, 6) is 1.08. The number of nitrogens with zero attached hydrogens (tertiary/aromatic N) is 3. The molecule has 5 heteroatoms. The fourth-order valence-corrected chi connectivity index (χ4v) is 2.74. The molecule has 0 spiro atoms. The van der Waals surface area contributed by atoms with Crippen LogP contribution in [-0.2, 0) is 4.79 Å². The van der Waals surface area contributed by atoms with E-state index in [1.54, 1.807) is 0 Å². The summed E-state index contributed by atoms with van der Waals surface area (Å²) in [5.41, 5.74) is 0. The number of nitrogens with one attached hydrogen (secondary N) is 1. The number of carbonyl (C=O) groups is 1. The maximum absolute atomic E-state index is 12.1. The number of guanidine groups is 1. The Morgan fingerprint density at radius 1 is 1.00 bits per heavy atom. The second kappa shape index (κ2) is 7.36. The van der Waals surface area contributed by atoms with Crippen LogP contribution in [0.15, 0.2) is 4.99 Å². The molecule has 2 aliphatic rings. The molecule has 1 amide bonds. The van der Waals surface area contributed by atoms with Crippen molar-refractivity contribution in [3.05, 3.63) is 0 Å². The van der Waals surface area contributed by atoms with Gasteiger partial charge in [0.15, 0.2) is 5.96 Å². The summed E-state index contributed by atoms with van der Waals surface area (Å²) in [4.78, 5) is 20.8. The highest BCUT2D eigenvalue weighted by Crippen LogP contribution is 2.10. The van der Waals surface area contributed by atoms with E-state index in [9.17, 15) is 4.79 Å². The van der Waals surface area contributed by atoms with E-state index in [1.165, 1.54) is 19.3 Å². The molecule has 0 aromatic heterocycles. The van der Waals surface area contributed by atoms with E-state index in [0.717, 1.165) is 51.5 Å². The van der Waals surface area contributed by atoms with Crippen LogP contribution in [-0.4, -0.2) is 60.9 Å². The van der Waals surface area contributed by atoms with Crippen molar-refractivity contribution in [1.82, 2.24) is 15.1 Å². The van der Waals surface area contributed by atoms with E-state index >= 15 is 0 Å². The molecule has 0 bridgehead atoms. The van der Waals surface area contributed by atoms with Crippen LogP contribution in [0.25, 0.3) is 0 Å². The van der Waals surface area contributed by atoms with Gasteiger partial charge in [-0.25, -0.2) is 4.99 Å². The first-order valence-corrected chi connectivity index (χ1v) is 7.62. The predicted octanol–water partition coefficient (Wildman–Crippen LogP) is 1.06. The standard InChI is InChI=1S/C14H26N4O/c1-2-15-14(18-10-6-7-11-18)16-12-13(19)17-8-4-3-5-9-17/h2-12H2,1H3,(H,15,16). The van der Waals surface area contributed by atoms with Crippen molar-refractivity contribution in [2.45, 2.75) is 39.0 Å². The molecule has 0 radical (unpaired) electrons. The number of hydrogen-bond acceptors (Lipinski definition) is 2. The zero-order chi connectivity index (χ0) is 13.5. The lowest BCUT2D eigenvalue weighted by atomic mass is 10.1. The maximum atomic E-state index is 12.1. The first kappa shape index (κ1) is 14.2. The average Bonchev–Trinajstić information content (AvgIpc) is 2.98. The fourth-order valence-electron chi connectivity index (χ4n) is 2.74. The van der Waals surface area contributed by atoms with Crippen molar-refractivity contribution in [1.29, 1.82) is 0 Å². The Balaban J connectivity index is 1.87. The molecule has 2 fully saturated rings. The summed E-state index contributed by atoms with van der Waals surface area (Å²) in [6.45, 7) is 7.15.